The van der Waals surface area contributed by atoms with Crippen molar-refractivity contribution in [1.29, 1.82) is 0 Å². The van der Waals surface area contributed by atoms with E-state index in [2.05, 4.69) is 0 Å². The number of hydrogen-bond acceptors (Lipinski definition) is 2. The number of rotatable bonds is 3. The van der Waals surface area contributed by atoms with Crippen LogP contribution in [-0.4, -0.2) is 12.4 Å². The summed E-state index contributed by atoms with van der Waals surface area (Å²) in [5.74, 6) is 0.786. The summed E-state index contributed by atoms with van der Waals surface area (Å²) in [5, 5.41) is 0. The van der Waals surface area contributed by atoms with Gasteiger partial charge in [-0.25, -0.2) is 0 Å². The highest BCUT2D eigenvalue weighted by molar-refractivity contribution is 5.80. The Kier molecular flexibility index (Phi) is 4.18. The molecule has 1 aliphatic carbocycles. The molecule has 0 amide bonds. The summed E-state index contributed by atoms with van der Waals surface area (Å²) in [5.41, 5.74) is 1.73. The van der Waals surface area contributed by atoms with Crippen molar-refractivity contribution < 1.29 is 9.53 Å². The lowest BCUT2D eigenvalue weighted by molar-refractivity contribution is 0.111. The van der Waals surface area contributed by atoms with Crippen LogP contribution in [0.5, 0.6) is 5.75 Å². The van der Waals surface area contributed by atoms with Gasteiger partial charge in [-0.2, -0.15) is 0 Å². The van der Waals surface area contributed by atoms with E-state index in [1.54, 1.807) is 0 Å². The molecule has 2 nitrogen and oxygen atoms in total. The largest absolute Gasteiger partial charge is 0.489 e. The van der Waals surface area contributed by atoms with Crippen molar-refractivity contribution in [3.05, 3.63) is 29.3 Å². The molecule has 0 unspecified atom stereocenters. The summed E-state index contributed by atoms with van der Waals surface area (Å²) in [6.45, 7) is 2.00. The zero-order valence-corrected chi connectivity index (χ0v) is 10.4. The molecule has 1 aromatic carbocycles. The van der Waals surface area contributed by atoms with E-state index in [0.717, 1.165) is 30.4 Å². The summed E-state index contributed by atoms with van der Waals surface area (Å²) in [4.78, 5) is 11.0. The summed E-state index contributed by atoms with van der Waals surface area (Å²) < 4.78 is 6.06. The molecule has 0 heterocycles. The third-order valence-electron chi connectivity index (χ3n) is 3.46. The Bertz CT molecular complexity index is 377. The summed E-state index contributed by atoms with van der Waals surface area (Å²) in [7, 11) is 0. The second kappa shape index (κ2) is 5.85. The van der Waals surface area contributed by atoms with Crippen LogP contribution in [0.15, 0.2) is 18.2 Å². The van der Waals surface area contributed by atoms with E-state index in [4.69, 9.17) is 4.74 Å². The first-order valence-electron chi connectivity index (χ1n) is 6.52. The van der Waals surface area contributed by atoms with Crippen LogP contribution in [0.1, 0.15) is 54.4 Å². The van der Waals surface area contributed by atoms with E-state index in [0.29, 0.717) is 5.56 Å². The van der Waals surface area contributed by atoms with Gasteiger partial charge in [0.15, 0.2) is 6.29 Å². The maximum Gasteiger partial charge on any atom is 0.153 e. The van der Waals surface area contributed by atoms with Gasteiger partial charge in [0.25, 0.3) is 0 Å². The van der Waals surface area contributed by atoms with E-state index < -0.39 is 0 Å². The minimum absolute atomic E-state index is 0.289. The third-order valence-corrected chi connectivity index (χ3v) is 3.46. The predicted octanol–water partition coefficient (Wildman–Crippen LogP) is 3.91. The maximum absolute atomic E-state index is 11.0. The molecule has 0 spiro atoms. The highest BCUT2D eigenvalue weighted by Gasteiger charge is 2.16. The first kappa shape index (κ1) is 12.2. The standard InChI is InChI=1S/C15H20O2/c1-12-7-6-8-13(11-16)15(12)17-14-9-4-2-3-5-10-14/h6-8,11,14H,2-5,9-10H2,1H3. The predicted molar refractivity (Wildman–Crippen MR) is 68.7 cm³/mol. The molecule has 0 N–H and O–H groups in total. The zero-order valence-electron chi connectivity index (χ0n) is 10.4. The molecule has 0 aliphatic heterocycles. The highest BCUT2D eigenvalue weighted by Crippen LogP contribution is 2.27. The van der Waals surface area contributed by atoms with Crippen LogP contribution in [0.4, 0.5) is 0 Å². The molecule has 0 aromatic heterocycles. The van der Waals surface area contributed by atoms with Crippen molar-refractivity contribution in [3.8, 4) is 5.75 Å². The van der Waals surface area contributed by atoms with Crippen molar-refractivity contribution in [2.75, 3.05) is 0 Å². The summed E-state index contributed by atoms with van der Waals surface area (Å²) in [6.07, 6.45) is 8.53. The minimum atomic E-state index is 0.289. The Morgan fingerprint density at radius 3 is 2.53 bits per heavy atom. The van der Waals surface area contributed by atoms with Gasteiger partial charge in [-0.3, -0.25) is 4.79 Å². The molecule has 17 heavy (non-hydrogen) atoms. The first-order chi connectivity index (χ1) is 8.31. The van der Waals surface area contributed by atoms with Gasteiger partial charge in [0.1, 0.15) is 5.75 Å². The molecule has 0 saturated heterocycles. The van der Waals surface area contributed by atoms with Crippen LogP contribution in [0.3, 0.4) is 0 Å². The van der Waals surface area contributed by atoms with Crippen molar-refractivity contribution in [1.82, 2.24) is 0 Å². The van der Waals surface area contributed by atoms with Crippen molar-refractivity contribution in [2.24, 2.45) is 0 Å². The summed E-state index contributed by atoms with van der Waals surface area (Å²) in [6, 6.07) is 5.73. The van der Waals surface area contributed by atoms with E-state index in [1.807, 2.05) is 25.1 Å². The van der Waals surface area contributed by atoms with Gasteiger partial charge in [-0.15, -0.1) is 0 Å². The third kappa shape index (κ3) is 3.09. The Labute approximate surface area is 103 Å². The van der Waals surface area contributed by atoms with E-state index in [-0.39, 0.29) is 6.10 Å². The lowest BCUT2D eigenvalue weighted by Gasteiger charge is -2.19. The van der Waals surface area contributed by atoms with E-state index in [9.17, 15) is 4.79 Å². The average molecular weight is 232 g/mol. The topological polar surface area (TPSA) is 26.3 Å². The second-order valence-electron chi connectivity index (χ2n) is 4.84. The fourth-order valence-corrected chi connectivity index (χ4v) is 2.46. The quantitative estimate of drug-likeness (QED) is 0.583. The van der Waals surface area contributed by atoms with Gasteiger partial charge < -0.3 is 4.74 Å². The molecule has 1 saturated carbocycles. The zero-order chi connectivity index (χ0) is 12.1. The molecule has 1 aromatic rings. The Morgan fingerprint density at radius 1 is 1.18 bits per heavy atom. The number of para-hydroxylation sites is 1. The SMILES string of the molecule is Cc1cccc(C=O)c1OC1CCCCCC1. The number of benzene rings is 1. The number of carbonyl (C=O) groups is 1. The molecular weight excluding hydrogens is 212 g/mol. The van der Waals surface area contributed by atoms with Crippen LogP contribution in [0.25, 0.3) is 0 Å². The monoisotopic (exact) mass is 232 g/mol. The lowest BCUT2D eigenvalue weighted by Crippen LogP contribution is -2.16. The van der Waals surface area contributed by atoms with Crippen LogP contribution in [0, 0.1) is 6.92 Å². The first-order valence-corrected chi connectivity index (χ1v) is 6.52. The highest BCUT2D eigenvalue weighted by atomic mass is 16.5. The second-order valence-corrected chi connectivity index (χ2v) is 4.84. The normalized spacial score (nSPS) is 17.5. The van der Waals surface area contributed by atoms with E-state index >= 15 is 0 Å². The van der Waals surface area contributed by atoms with Gasteiger partial charge in [-0.05, 0) is 44.2 Å². The van der Waals surface area contributed by atoms with Crippen LogP contribution in [-0.2, 0) is 0 Å². The molecule has 0 bridgehead atoms. The average Bonchev–Trinajstić information content (AvgIpc) is 2.60. The van der Waals surface area contributed by atoms with Crippen molar-refractivity contribution in [3.63, 3.8) is 0 Å². The van der Waals surface area contributed by atoms with Crippen LogP contribution in [0.2, 0.25) is 0 Å². The molecule has 0 radical (unpaired) electrons. The number of aryl methyl sites for hydroxylation is 1. The smallest absolute Gasteiger partial charge is 0.153 e. The van der Waals surface area contributed by atoms with Crippen LogP contribution >= 0.6 is 0 Å². The van der Waals surface area contributed by atoms with Crippen molar-refractivity contribution in [2.45, 2.75) is 51.6 Å². The molecule has 2 rings (SSSR count). The fraction of sp³-hybridized carbons (Fsp3) is 0.533. The molecule has 1 fully saturated rings. The van der Waals surface area contributed by atoms with Gasteiger partial charge in [0.2, 0.25) is 0 Å². The van der Waals surface area contributed by atoms with Gasteiger partial charge in [0, 0.05) is 0 Å². The minimum Gasteiger partial charge on any atom is -0.489 e. The van der Waals surface area contributed by atoms with Gasteiger partial charge >= 0.3 is 0 Å². The van der Waals surface area contributed by atoms with Gasteiger partial charge in [-0.1, -0.05) is 25.0 Å². The molecule has 1 aliphatic rings. The molecule has 2 heteroatoms. The van der Waals surface area contributed by atoms with Gasteiger partial charge in [0.05, 0.1) is 11.7 Å². The lowest BCUT2D eigenvalue weighted by atomic mass is 10.1. The molecule has 92 valence electrons. The van der Waals surface area contributed by atoms with E-state index in [1.165, 1.54) is 25.7 Å². The maximum atomic E-state index is 11.0. The number of ether oxygens (including phenoxy) is 1. The molecule has 0 atom stereocenters. The number of hydrogen-bond donors (Lipinski definition) is 0. The number of carbonyl (C=O) groups excluding carboxylic acids is 1. The Hall–Kier alpha value is -1.31. The number of aldehydes is 1. The van der Waals surface area contributed by atoms with Crippen molar-refractivity contribution >= 4 is 6.29 Å². The fourth-order valence-electron chi connectivity index (χ4n) is 2.46. The van der Waals surface area contributed by atoms with Crippen LogP contribution < -0.4 is 4.74 Å². The molecular formula is C15H20O2. The Morgan fingerprint density at radius 2 is 1.88 bits per heavy atom. The summed E-state index contributed by atoms with van der Waals surface area (Å²) >= 11 is 0. The Balaban J connectivity index is 2.13.